The lowest BCUT2D eigenvalue weighted by molar-refractivity contribution is 0.685. The zero-order valence-corrected chi connectivity index (χ0v) is 18.8. The van der Waals surface area contributed by atoms with Gasteiger partial charge in [-0.2, -0.15) is 5.10 Å². The van der Waals surface area contributed by atoms with Gasteiger partial charge in [0.1, 0.15) is 0 Å². The molecule has 27 heavy (non-hydrogen) atoms. The second kappa shape index (κ2) is 11.1. The predicted octanol–water partition coefficient (Wildman–Crippen LogP) is 4.04. The van der Waals surface area contributed by atoms with Crippen molar-refractivity contribution < 1.29 is 0 Å². The van der Waals surface area contributed by atoms with Crippen molar-refractivity contribution in [2.45, 2.75) is 33.0 Å². The predicted molar refractivity (Wildman–Crippen MR) is 124 cm³/mol. The van der Waals surface area contributed by atoms with Crippen LogP contribution < -0.4 is 10.6 Å². The fraction of sp³-hybridized carbons (Fsp3) is 0.300. The van der Waals surface area contributed by atoms with Crippen LogP contribution in [0.5, 0.6) is 0 Å². The maximum absolute atomic E-state index is 4.44. The number of rotatable bonds is 7. The first-order valence-corrected chi connectivity index (χ1v) is 9.66. The van der Waals surface area contributed by atoms with E-state index in [4.69, 9.17) is 0 Å². The summed E-state index contributed by atoms with van der Waals surface area (Å²) in [5.74, 6) is 0.798. The van der Waals surface area contributed by atoms with E-state index >= 15 is 0 Å². The topological polar surface area (TPSA) is 54.2 Å². The lowest BCUT2D eigenvalue weighted by Gasteiger charge is -2.10. The highest BCUT2D eigenvalue weighted by molar-refractivity contribution is 14.0. The van der Waals surface area contributed by atoms with Gasteiger partial charge >= 0.3 is 0 Å². The summed E-state index contributed by atoms with van der Waals surface area (Å²) in [4.78, 5) is 7.02. The third-order valence-electron chi connectivity index (χ3n) is 4.05. The fourth-order valence-electron chi connectivity index (χ4n) is 2.64. The number of benzene rings is 1. The monoisotopic (exact) mass is 495 g/mol. The third kappa shape index (κ3) is 6.66. The molecule has 0 spiro atoms. The Labute approximate surface area is 181 Å². The minimum atomic E-state index is 0. The molecule has 2 N–H and O–H groups in total. The molecule has 0 unspecified atom stereocenters. The van der Waals surface area contributed by atoms with Crippen LogP contribution in [0.4, 0.5) is 0 Å². The molecule has 5 nitrogen and oxygen atoms in total. The normalized spacial score (nSPS) is 11.1. The lowest BCUT2D eigenvalue weighted by atomic mass is 10.2. The highest BCUT2D eigenvalue weighted by atomic mass is 127. The molecule has 0 saturated carbocycles. The standard InChI is InChI=1S/C20H25N5S.HI/c1-3-18-9-10-19(26-18)13-23-20(21-2)22-11-17-12-24-25(15-17)14-16-7-5-4-6-8-16;/h4-10,12,15H,3,11,13-14H2,1-2H3,(H2,21,22,23);1H. The zero-order valence-electron chi connectivity index (χ0n) is 15.7. The SMILES string of the molecule is CCc1ccc(CNC(=NC)NCc2cnn(Cc3ccccc3)c2)s1.I. The number of hydrogen-bond acceptors (Lipinski definition) is 3. The summed E-state index contributed by atoms with van der Waals surface area (Å²) in [6, 6.07) is 14.7. The van der Waals surface area contributed by atoms with Gasteiger partial charge in [-0.05, 0) is 24.1 Å². The highest BCUT2D eigenvalue weighted by Gasteiger charge is 2.04. The van der Waals surface area contributed by atoms with Crippen LogP contribution in [0.15, 0.2) is 59.9 Å². The molecule has 2 aromatic heterocycles. The molecular formula is C20H26IN5S. The summed E-state index contributed by atoms with van der Waals surface area (Å²) in [7, 11) is 1.79. The van der Waals surface area contributed by atoms with Crippen LogP contribution in [0, 0.1) is 0 Å². The van der Waals surface area contributed by atoms with E-state index in [-0.39, 0.29) is 24.0 Å². The summed E-state index contributed by atoms with van der Waals surface area (Å²) in [5, 5.41) is 11.1. The Morgan fingerprint density at radius 3 is 2.48 bits per heavy atom. The molecule has 3 aromatic rings. The summed E-state index contributed by atoms with van der Waals surface area (Å²) in [6.07, 6.45) is 5.06. The van der Waals surface area contributed by atoms with Crippen LogP contribution in [0.1, 0.15) is 27.8 Å². The van der Waals surface area contributed by atoms with Crippen molar-refractivity contribution in [3.05, 3.63) is 75.7 Å². The van der Waals surface area contributed by atoms with E-state index in [9.17, 15) is 0 Å². The van der Waals surface area contributed by atoms with E-state index < -0.39 is 0 Å². The Hall–Kier alpha value is -1.87. The molecule has 0 fully saturated rings. The number of thiophene rings is 1. The number of nitrogens with one attached hydrogen (secondary N) is 2. The van der Waals surface area contributed by atoms with Gasteiger partial charge in [0, 0.05) is 35.1 Å². The van der Waals surface area contributed by atoms with E-state index in [0.29, 0.717) is 6.54 Å². The Morgan fingerprint density at radius 1 is 1.04 bits per heavy atom. The van der Waals surface area contributed by atoms with Crippen molar-refractivity contribution in [2.75, 3.05) is 7.05 Å². The van der Waals surface area contributed by atoms with Gasteiger partial charge in [0.15, 0.2) is 5.96 Å². The van der Waals surface area contributed by atoms with Crippen molar-refractivity contribution in [1.29, 1.82) is 0 Å². The van der Waals surface area contributed by atoms with Crippen LogP contribution in [0.3, 0.4) is 0 Å². The van der Waals surface area contributed by atoms with E-state index in [1.165, 1.54) is 15.3 Å². The molecule has 0 radical (unpaired) electrons. The van der Waals surface area contributed by atoms with Gasteiger partial charge in [-0.15, -0.1) is 35.3 Å². The number of aliphatic imine (C=N–C) groups is 1. The Balaban J connectivity index is 0.00000261. The van der Waals surface area contributed by atoms with Crippen LogP contribution >= 0.6 is 35.3 Å². The first-order chi connectivity index (χ1) is 12.8. The summed E-state index contributed by atoms with van der Waals surface area (Å²) in [5.41, 5.74) is 2.38. The van der Waals surface area contributed by atoms with Crippen molar-refractivity contribution in [1.82, 2.24) is 20.4 Å². The maximum Gasteiger partial charge on any atom is 0.191 e. The zero-order chi connectivity index (χ0) is 18.2. The average Bonchev–Trinajstić information content (AvgIpc) is 3.32. The van der Waals surface area contributed by atoms with E-state index in [2.05, 4.69) is 58.1 Å². The van der Waals surface area contributed by atoms with Crippen molar-refractivity contribution in [3.8, 4) is 0 Å². The second-order valence-electron chi connectivity index (χ2n) is 6.03. The molecule has 3 rings (SSSR count). The first-order valence-electron chi connectivity index (χ1n) is 8.84. The minimum absolute atomic E-state index is 0. The molecular weight excluding hydrogens is 469 g/mol. The molecule has 144 valence electrons. The largest absolute Gasteiger partial charge is 0.352 e. The van der Waals surface area contributed by atoms with E-state index in [1.807, 2.05) is 40.4 Å². The molecule has 0 aliphatic heterocycles. The Bertz CT molecular complexity index is 841. The number of halogens is 1. The summed E-state index contributed by atoms with van der Waals surface area (Å²) < 4.78 is 1.96. The van der Waals surface area contributed by atoms with Gasteiger partial charge < -0.3 is 10.6 Å². The molecule has 0 bridgehead atoms. The van der Waals surface area contributed by atoms with Crippen LogP contribution in [0.2, 0.25) is 0 Å². The molecule has 0 aliphatic carbocycles. The van der Waals surface area contributed by atoms with Crippen LogP contribution in [-0.2, 0) is 26.1 Å². The molecule has 0 saturated heterocycles. The number of nitrogens with zero attached hydrogens (tertiary/aromatic N) is 3. The van der Waals surface area contributed by atoms with Gasteiger partial charge in [-0.3, -0.25) is 9.67 Å². The van der Waals surface area contributed by atoms with Gasteiger partial charge in [0.05, 0.1) is 19.3 Å². The minimum Gasteiger partial charge on any atom is -0.352 e. The van der Waals surface area contributed by atoms with Crippen LogP contribution in [0.25, 0.3) is 0 Å². The molecule has 0 aliphatic rings. The summed E-state index contributed by atoms with van der Waals surface area (Å²) >= 11 is 1.85. The van der Waals surface area contributed by atoms with E-state index in [0.717, 1.165) is 31.0 Å². The van der Waals surface area contributed by atoms with Gasteiger partial charge in [-0.25, -0.2) is 0 Å². The van der Waals surface area contributed by atoms with E-state index in [1.54, 1.807) is 7.05 Å². The number of aryl methyl sites for hydroxylation is 1. The summed E-state index contributed by atoms with van der Waals surface area (Å²) in [6.45, 7) is 4.45. The first kappa shape index (κ1) is 21.4. The smallest absolute Gasteiger partial charge is 0.191 e. The number of hydrogen-bond donors (Lipinski definition) is 2. The average molecular weight is 495 g/mol. The fourth-order valence-corrected chi connectivity index (χ4v) is 3.54. The lowest BCUT2D eigenvalue weighted by Crippen LogP contribution is -2.36. The Kier molecular flexibility index (Phi) is 8.80. The van der Waals surface area contributed by atoms with Crippen molar-refractivity contribution in [3.63, 3.8) is 0 Å². The molecule has 2 heterocycles. The van der Waals surface area contributed by atoms with Gasteiger partial charge in [-0.1, -0.05) is 37.3 Å². The Morgan fingerprint density at radius 2 is 1.78 bits per heavy atom. The molecule has 0 amide bonds. The molecule has 7 heteroatoms. The number of aromatic nitrogens is 2. The maximum atomic E-state index is 4.44. The molecule has 0 atom stereocenters. The third-order valence-corrected chi connectivity index (χ3v) is 5.28. The van der Waals surface area contributed by atoms with Gasteiger partial charge in [0.25, 0.3) is 0 Å². The van der Waals surface area contributed by atoms with Crippen LogP contribution in [-0.4, -0.2) is 22.8 Å². The van der Waals surface area contributed by atoms with Crippen molar-refractivity contribution >= 4 is 41.3 Å². The van der Waals surface area contributed by atoms with Crippen molar-refractivity contribution in [2.24, 2.45) is 4.99 Å². The highest BCUT2D eigenvalue weighted by Crippen LogP contribution is 2.16. The van der Waals surface area contributed by atoms with Gasteiger partial charge in [0.2, 0.25) is 0 Å². The quantitative estimate of drug-likeness (QED) is 0.296. The number of guanidine groups is 1. The molecule has 1 aromatic carbocycles. The second-order valence-corrected chi connectivity index (χ2v) is 7.29.